The molecule has 1 heterocycles. The van der Waals surface area contributed by atoms with Gasteiger partial charge in [-0.2, -0.15) is 5.10 Å². The van der Waals surface area contributed by atoms with E-state index in [0.717, 1.165) is 16.2 Å². The zero-order chi connectivity index (χ0) is 17.2. The summed E-state index contributed by atoms with van der Waals surface area (Å²) in [6.45, 7) is 0. The van der Waals surface area contributed by atoms with E-state index in [1.165, 1.54) is 6.21 Å². The lowest BCUT2D eigenvalue weighted by Gasteiger charge is -1.97. The van der Waals surface area contributed by atoms with Gasteiger partial charge in [-0.05, 0) is 35.0 Å². The van der Waals surface area contributed by atoms with Crippen LogP contribution in [0.25, 0.3) is 21.7 Å². The van der Waals surface area contributed by atoms with Crippen LogP contribution in [0.3, 0.4) is 0 Å². The van der Waals surface area contributed by atoms with Crippen molar-refractivity contribution in [2.45, 2.75) is 0 Å². The van der Waals surface area contributed by atoms with Gasteiger partial charge in [-0.3, -0.25) is 4.79 Å². The fraction of sp³-hybridized carbons (Fsp3) is 0. The molecule has 5 heteroatoms. The van der Waals surface area contributed by atoms with Gasteiger partial charge in [0.25, 0.3) is 0 Å². The summed E-state index contributed by atoms with van der Waals surface area (Å²) in [6.07, 6.45) is 1.38. The Kier molecular flexibility index (Phi) is 3.67. The number of phenolic OH excluding ortho intramolecular Hbond substituents is 1. The highest BCUT2D eigenvalue weighted by Gasteiger charge is 2.13. The number of hydrazone groups is 1. The highest BCUT2D eigenvalue weighted by molar-refractivity contribution is 6.08. The number of hydrogen-bond acceptors (Lipinski definition) is 4. The number of carbonyl (C=O) groups is 1. The van der Waals surface area contributed by atoms with E-state index in [2.05, 4.69) is 10.5 Å². The van der Waals surface area contributed by atoms with Gasteiger partial charge in [0.1, 0.15) is 11.3 Å². The Hall–Kier alpha value is -3.60. The molecule has 0 aliphatic heterocycles. The van der Waals surface area contributed by atoms with Crippen LogP contribution < -0.4 is 5.43 Å². The summed E-state index contributed by atoms with van der Waals surface area (Å²) < 4.78 is 5.63. The molecule has 4 rings (SSSR count). The number of benzene rings is 3. The molecule has 5 nitrogen and oxygen atoms in total. The van der Waals surface area contributed by atoms with Crippen LogP contribution in [0, 0.1) is 0 Å². The lowest BCUT2D eigenvalue weighted by Crippen LogP contribution is -2.16. The molecule has 0 spiro atoms. The van der Waals surface area contributed by atoms with Gasteiger partial charge in [-0.15, -0.1) is 0 Å². The number of rotatable bonds is 3. The normalized spacial score (nSPS) is 11.4. The second kappa shape index (κ2) is 6.13. The third kappa shape index (κ3) is 2.83. The molecule has 0 saturated carbocycles. The minimum atomic E-state index is -0.452. The average Bonchev–Trinajstić information content (AvgIpc) is 3.08. The summed E-state index contributed by atoms with van der Waals surface area (Å²) in [5, 5.41) is 16.5. The van der Waals surface area contributed by atoms with Crippen molar-refractivity contribution in [3.05, 3.63) is 78.1 Å². The number of amides is 1. The largest absolute Gasteiger partial charge is 0.507 e. The van der Waals surface area contributed by atoms with Crippen molar-refractivity contribution in [2.75, 3.05) is 0 Å². The first-order valence-corrected chi connectivity index (χ1v) is 7.75. The van der Waals surface area contributed by atoms with Gasteiger partial charge < -0.3 is 9.52 Å². The summed E-state index contributed by atoms with van der Waals surface area (Å²) in [5.74, 6) is -0.177. The van der Waals surface area contributed by atoms with Crippen molar-refractivity contribution >= 4 is 33.9 Å². The Bertz CT molecular complexity index is 1110. The van der Waals surface area contributed by atoms with Gasteiger partial charge in [-0.1, -0.05) is 42.5 Å². The predicted molar refractivity (Wildman–Crippen MR) is 96.9 cm³/mol. The van der Waals surface area contributed by atoms with E-state index in [1.54, 1.807) is 30.3 Å². The highest BCUT2D eigenvalue weighted by Crippen LogP contribution is 2.28. The molecule has 0 unspecified atom stereocenters. The Morgan fingerprint density at radius 2 is 1.80 bits per heavy atom. The minimum absolute atomic E-state index is 0.0932. The second-order valence-electron chi connectivity index (χ2n) is 5.57. The number of aromatic hydroxyl groups is 1. The highest BCUT2D eigenvalue weighted by atomic mass is 16.3. The van der Waals surface area contributed by atoms with Crippen LogP contribution >= 0.6 is 0 Å². The molecule has 3 aromatic carbocycles. The molecular weight excluding hydrogens is 316 g/mol. The maximum Gasteiger partial charge on any atom is 0.307 e. The minimum Gasteiger partial charge on any atom is -0.507 e. The van der Waals surface area contributed by atoms with E-state index in [1.807, 2.05) is 36.4 Å². The van der Waals surface area contributed by atoms with E-state index >= 15 is 0 Å². The van der Waals surface area contributed by atoms with Gasteiger partial charge in [0.15, 0.2) is 5.76 Å². The first-order valence-electron chi connectivity index (χ1n) is 7.75. The zero-order valence-corrected chi connectivity index (χ0v) is 13.1. The molecule has 0 atom stereocenters. The summed E-state index contributed by atoms with van der Waals surface area (Å²) in [7, 11) is 0. The molecule has 0 bridgehead atoms. The third-order valence-electron chi connectivity index (χ3n) is 3.96. The van der Waals surface area contributed by atoms with Crippen LogP contribution in [0.5, 0.6) is 5.75 Å². The third-order valence-corrected chi connectivity index (χ3v) is 3.96. The van der Waals surface area contributed by atoms with Crippen molar-refractivity contribution in [3.63, 3.8) is 0 Å². The van der Waals surface area contributed by atoms with Crippen molar-refractivity contribution in [3.8, 4) is 5.75 Å². The summed E-state index contributed by atoms with van der Waals surface area (Å²) in [4.78, 5) is 12.2. The Labute approximate surface area is 143 Å². The molecule has 1 aromatic heterocycles. The fourth-order valence-electron chi connectivity index (χ4n) is 2.72. The molecule has 1 amide bonds. The van der Waals surface area contributed by atoms with Crippen molar-refractivity contribution < 1.29 is 14.3 Å². The molecule has 25 heavy (non-hydrogen) atoms. The van der Waals surface area contributed by atoms with Gasteiger partial charge in [0.05, 0.1) is 6.21 Å². The topological polar surface area (TPSA) is 74.8 Å². The summed E-state index contributed by atoms with van der Waals surface area (Å²) in [5.41, 5.74) is 3.57. The number of para-hydroxylation sites is 1. The van der Waals surface area contributed by atoms with Gasteiger partial charge in [0.2, 0.25) is 0 Å². The SMILES string of the molecule is O=C(N/N=C\c1ccccc1O)c1cc2c(ccc3ccccc32)o1. The number of nitrogens with one attached hydrogen (secondary N) is 1. The van der Waals surface area contributed by atoms with E-state index < -0.39 is 5.91 Å². The monoisotopic (exact) mass is 330 g/mol. The summed E-state index contributed by atoms with van der Waals surface area (Å²) >= 11 is 0. The van der Waals surface area contributed by atoms with E-state index in [-0.39, 0.29) is 11.5 Å². The lowest BCUT2D eigenvalue weighted by molar-refractivity contribution is 0.0929. The molecule has 0 radical (unpaired) electrons. The maximum atomic E-state index is 12.2. The summed E-state index contributed by atoms with van der Waals surface area (Å²) in [6, 6.07) is 20.2. The van der Waals surface area contributed by atoms with E-state index in [0.29, 0.717) is 11.1 Å². The van der Waals surface area contributed by atoms with E-state index in [9.17, 15) is 9.90 Å². The molecule has 0 saturated heterocycles. The smallest absolute Gasteiger partial charge is 0.307 e. The van der Waals surface area contributed by atoms with Gasteiger partial charge in [0, 0.05) is 10.9 Å². The molecule has 122 valence electrons. The zero-order valence-electron chi connectivity index (χ0n) is 13.1. The predicted octanol–water partition coefficient (Wildman–Crippen LogP) is 4.06. The molecule has 2 N–H and O–H groups in total. The lowest BCUT2D eigenvalue weighted by atomic mass is 10.1. The first-order chi connectivity index (χ1) is 12.2. The molecule has 4 aromatic rings. The quantitative estimate of drug-likeness (QED) is 0.439. The number of furan rings is 1. The van der Waals surface area contributed by atoms with Crippen molar-refractivity contribution in [2.24, 2.45) is 5.10 Å². The van der Waals surface area contributed by atoms with Crippen LogP contribution in [0.1, 0.15) is 16.1 Å². The fourth-order valence-corrected chi connectivity index (χ4v) is 2.72. The Balaban J connectivity index is 1.60. The number of fused-ring (bicyclic) bond motifs is 3. The number of phenols is 1. The molecule has 0 fully saturated rings. The van der Waals surface area contributed by atoms with Gasteiger partial charge in [-0.25, -0.2) is 5.43 Å². The number of carbonyl (C=O) groups excluding carboxylic acids is 1. The average molecular weight is 330 g/mol. The van der Waals surface area contributed by atoms with Crippen molar-refractivity contribution in [1.82, 2.24) is 5.43 Å². The van der Waals surface area contributed by atoms with Crippen LogP contribution in [0.15, 0.2) is 76.2 Å². The van der Waals surface area contributed by atoms with Crippen LogP contribution in [-0.4, -0.2) is 17.2 Å². The van der Waals surface area contributed by atoms with Crippen LogP contribution in [0.2, 0.25) is 0 Å². The standard InChI is InChI=1S/C20H14N2O3/c23-17-8-4-2-6-14(17)12-21-22-20(24)19-11-16-15-7-3-1-5-13(15)9-10-18(16)25-19/h1-12,23H,(H,22,24)/b21-12-. The van der Waals surface area contributed by atoms with E-state index in [4.69, 9.17) is 4.42 Å². The second-order valence-corrected chi connectivity index (χ2v) is 5.57. The Morgan fingerprint density at radius 3 is 2.68 bits per heavy atom. The molecule has 0 aliphatic rings. The molecular formula is C20H14N2O3. The van der Waals surface area contributed by atoms with Crippen LogP contribution in [0.4, 0.5) is 0 Å². The Morgan fingerprint density at radius 1 is 1.00 bits per heavy atom. The maximum absolute atomic E-state index is 12.2. The van der Waals surface area contributed by atoms with Crippen LogP contribution in [-0.2, 0) is 0 Å². The first kappa shape index (κ1) is 15.0. The number of hydrogen-bond donors (Lipinski definition) is 2. The number of nitrogens with zero attached hydrogens (tertiary/aromatic N) is 1. The van der Waals surface area contributed by atoms with Crippen molar-refractivity contribution in [1.29, 1.82) is 0 Å². The molecule has 0 aliphatic carbocycles. The van der Waals surface area contributed by atoms with Gasteiger partial charge >= 0.3 is 5.91 Å².